The lowest BCUT2D eigenvalue weighted by atomic mass is 10.1. The third kappa shape index (κ3) is 5.27. The molecule has 164 valence electrons. The third-order valence-electron chi connectivity index (χ3n) is 5.84. The Kier molecular flexibility index (Phi) is 6.27. The number of likely N-dealkylation sites (N-methyl/N-ethyl adjacent to an activating group) is 1. The number of nitrogens with two attached hydrogens (primary N) is 1. The van der Waals surface area contributed by atoms with Gasteiger partial charge in [0, 0.05) is 36.8 Å². The van der Waals surface area contributed by atoms with Crippen LogP contribution in [-0.4, -0.2) is 62.3 Å². The molecular weight excluding hydrogens is 394 g/mol. The van der Waals surface area contributed by atoms with Gasteiger partial charge in [0.1, 0.15) is 6.10 Å². The molecule has 2 aromatic carbocycles. The summed E-state index contributed by atoms with van der Waals surface area (Å²) in [5, 5.41) is 5.79. The monoisotopic (exact) mass is 423 g/mol. The lowest BCUT2D eigenvalue weighted by molar-refractivity contribution is 0.102. The van der Waals surface area contributed by atoms with Crippen LogP contribution >= 0.6 is 0 Å². The van der Waals surface area contributed by atoms with Crippen molar-refractivity contribution in [1.82, 2.24) is 10.2 Å². The fourth-order valence-electron chi connectivity index (χ4n) is 4.09. The van der Waals surface area contributed by atoms with Gasteiger partial charge in [-0.15, -0.1) is 0 Å². The molecule has 2 unspecified atom stereocenters. The maximum absolute atomic E-state index is 12.5. The van der Waals surface area contributed by atoms with Crippen LogP contribution in [0.25, 0.3) is 0 Å². The molecule has 2 saturated heterocycles. The number of ether oxygens (including phenoxy) is 1. The molecule has 0 aliphatic carbocycles. The summed E-state index contributed by atoms with van der Waals surface area (Å²) < 4.78 is 5.61. The van der Waals surface area contributed by atoms with E-state index in [1.165, 1.54) is 0 Å². The van der Waals surface area contributed by atoms with E-state index in [1.807, 2.05) is 31.3 Å². The van der Waals surface area contributed by atoms with Crippen molar-refractivity contribution in [2.75, 3.05) is 49.2 Å². The minimum Gasteiger partial charge on any atom is -0.444 e. The fraction of sp³-hybridized carbons (Fsp3) is 0.391. The predicted octanol–water partition coefficient (Wildman–Crippen LogP) is 2.53. The van der Waals surface area contributed by atoms with Crippen LogP contribution in [0.5, 0.6) is 0 Å². The number of amides is 2. The highest BCUT2D eigenvalue weighted by atomic mass is 16.6. The number of nitrogens with zero attached hydrogens (tertiary/aromatic N) is 2. The Labute approximate surface area is 182 Å². The first-order valence-corrected chi connectivity index (χ1v) is 10.6. The third-order valence-corrected chi connectivity index (χ3v) is 5.84. The van der Waals surface area contributed by atoms with Crippen LogP contribution in [0.2, 0.25) is 0 Å². The number of hydrogen-bond donors (Lipinski definition) is 3. The summed E-state index contributed by atoms with van der Waals surface area (Å²) >= 11 is 0. The molecule has 8 nitrogen and oxygen atoms in total. The number of anilines is 3. The highest BCUT2D eigenvalue weighted by molar-refractivity contribution is 6.05. The Morgan fingerprint density at radius 3 is 2.52 bits per heavy atom. The van der Waals surface area contributed by atoms with Gasteiger partial charge in [0.2, 0.25) is 0 Å². The van der Waals surface area contributed by atoms with E-state index in [4.69, 9.17) is 10.5 Å². The normalized spacial score (nSPS) is 21.1. The number of carbonyl (C=O) groups excluding carboxylic acids is 2. The maximum atomic E-state index is 12.5. The van der Waals surface area contributed by atoms with E-state index in [-0.39, 0.29) is 24.1 Å². The zero-order valence-corrected chi connectivity index (χ0v) is 17.7. The van der Waals surface area contributed by atoms with Crippen LogP contribution in [0.1, 0.15) is 23.2 Å². The molecule has 8 heteroatoms. The summed E-state index contributed by atoms with van der Waals surface area (Å²) in [5.74, 6) is -0.207. The minimum atomic E-state index is -0.334. The Morgan fingerprint density at radius 1 is 1.03 bits per heavy atom. The van der Waals surface area contributed by atoms with E-state index in [0.29, 0.717) is 23.5 Å². The van der Waals surface area contributed by atoms with Crippen molar-refractivity contribution in [3.05, 3.63) is 54.1 Å². The van der Waals surface area contributed by atoms with Crippen molar-refractivity contribution in [1.29, 1.82) is 0 Å². The average Bonchev–Trinajstić information content (AvgIpc) is 3.38. The van der Waals surface area contributed by atoms with Crippen molar-refractivity contribution in [2.45, 2.75) is 25.0 Å². The molecule has 2 aliphatic heterocycles. The van der Waals surface area contributed by atoms with E-state index in [0.717, 1.165) is 38.2 Å². The average molecular weight is 424 g/mol. The first-order valence-electron chi connectivity index (χ1n) is 10.6. The Bertz CT molecular complexity index is 933. The van der Waals surface area contributed by atoms with E-state index in [1.54, 1.807) is 24.3 Å². The molecule has 2 atom stereocenters. The Balaban J connectivity index is 1.28. The molecule has 4 rings (SSSR count). The number of benzene rings is 2. The molecule has 0 spiro atoms. The number of rotatable bonds is 5. The minimum absolute atomic E-state index is 0.136. The molecule has 2 aromatic rings. The molecule has 4 N–H and O–H groups in total. The largest absolute Gasteiger partial charge is 0.444 e. The highest BCUT2D eigenvalue weighted by Crippen LogP contribution is 2.23. The second kappa shape index (κ2) is 9.26. The smallest absolute Gasteiger partial charge is 0.407 e. The molecule has 2 amide bonds. The first kappa shape index (κ1) is 21.0. The van der Waals surface area contributed by atoms with Crippen LogP contribution in [0.4, 0.5) is 21.9 Å². The standard InChI is InChI=1S/C23H29N5O3/c1-27-12-10-17(14-27)25-23(30)31-19-11-13-28(15-19)18-8-6-16(7-9-18)22(29)26-21-5-3-2-4-20(21)24/h2-9,17,19H,10-15,24H2,1H3,(H,25,30)(H,26,29). The lowest BCUT2D eigenvalue weighted by Gasteiger charge is -2.20. The van der Waals surface area contributed by atoms with Gasteiger partial charge in [0.15, 0.2) is 0 Å². The molecule has 2 fully saturated rings. The van der Waals surface area contributed by atoms with Gasteiger partial charge in [-0.05, 0) is 56.4 Å². The van der Waals surface area contributed by atoms with Crippen molar-refractivity contribution < 1.29 is 14.3 Å². The molecular formula is C23H29N5O3. The Morgan fingerprint density at radius 2 is 1.81 bits per heavy atom. The molecule has 0 aromatic heterocycles. The topological polar surface area (TPSA) is 99.9 Å². The van der Waals surface area contributed by atoms with Crippen LogP contribution in [-0.2, 0) is 4.74 Å². The second-order valence-corrected chi connectivity index (χ2v) is 8.24. The number of carbonyl (C=O) groups is 2. The molecule has 0 saturated carbocycles. The van der Waals surface area contributed by atoms with Crippen LogP contribution in [0, 0.1) is 0 Å². The van der Waals surface area contributed by atoms with E-state index < -0.39 is 0 Å². The number of likely N-dealkylation sites (tertiary alicyclic amines) is 1. The predicted molar refractivity (Wildman–Crippen MR) is 121 cm³/mol. The van der Waals surface area contributed by atoms with Gasteiger partial charge in [0.05, 0.1) is 17.9 Å². The van der Waals surface area contributed by atoms with Crippen molar-refractivity contribution in [2.24, 2.45) is 0 Å². The summed E-state index contributed by atoms with van der Waals surface area (Å²) in [4.78, 5) is 29.0. The number of nitrogens with one attached hydrogen (secondary N) is 2. The van der Waals surface area contributed by atoms with Gasteiger partial charge in [-0.3, -0.25) is 4.79 Å². The lowest BCUT2D eigenvalue weighted by Crippen LogP contribution is -2.39. The van der Waals surface area contributed by atoms with E-state index in [2.05, 4.69) is 20.4 Å². The highest BCUT2D eigenvalue weighted by Gasteiger charge is 2.28. The maximum Gasteiger partial charge on any atom is 0.407 e. The van der Waals surface area contributed by atoms with Gasteiger partial charge >= 0.3 is 6.09 Å². The molecule has 0 radical (unpaired) electrons. The number of nitrogen functional groups attached to an aromatic ring is 1. The van der Waals surface area contributed by atoms with Gasteiger partial charge in [0.25, 0.3) is 5.91 Å². The fourth-order valence-corrected chi connectivity index (χ4v) is 4.09. The summed E-state index contributed by atoms with van der Waals surface area (Å²) in [7, 11) is 2.05. The summed E-state index contributed by atoms with van der Waals surface area (Å²) in [5.41, 5.74) is 8.57. The molecule has 2 aliphatic rings. The Hall–Kier alpha value is -3.26. The number of hydrogen-bond acceptors (Lipinski definition) is 6. The van der Waals surface area contributed by atoms with Gasteiger partial charge in [-0.2, -0.15) is 0 Å². The van der Waals surface area contributed by atoms with Gasteiger partial charge < -0.3 is 30.9 Å². The van der Waals surface area contributed by atoms with Crippen LogP contribution in [0.15, 0.2) is 48.5 Å². The number of para-hydroxylation sites is 2. The van der Waals surface area contributed by atoms with E-state index >= 15 is 0 Å². The summed E-state index contributed by atoms with van der Waals surface area (Å²) in [6.07, 6.45) is 1.27. The molecule has 0 bridgehead atoms. The van der Waals surface area contributed by atoms with Crippen LogP contribution in [0.3, 0.4) is 0 Å². The summed E-state index contributed by atoms with van der Waals surface area (Å²) in [6.45, 7) is 3.30. The number of alkyl carbamates (subject to hydrolysis) is 1. The molecule has 2 heterocycles. The van der Waals surface area contributed by atoms with Crippen LogP contribution < -0.4 is 21.3 Å². The van der Waals surface area contributed by atoms with Crippen molar-refractivity contribution in [3.63, 3.8) is 0 Å². The van der Waals surface area contributed by atoms with Gasteiger partial charge in [-0.25, -0.2) is 4.79 Å². The summed E-state index contributed by atoms with van der Waals surface area (Å²) in [6, 6.07) is 14.8. The zero-order valence-electron chi connectivity index (χ0n) is 17.7. The van der Waals surface area contributed by atoms with E-state index in [9.17, 15) is 9.59 Å². The zero-order chi connectivity index (χ0) is 21.8. The first-order chi connectivity index (χ1) is 15.0. The van der Waals surface area contributed by atoms with Gasteiger partial charge in [-0.1, -0.05) is 12.1 Å². The van der Waals surface area contributed by atoms with Crippen molar-refractivity contribution >= 4 is 29.1 Å². The SMILES string of the molecule is CN1CCC(NC(=O)OC2CCN(c3ccc(C(=O)Nc4ccccc4N)cc3)C2)C1. The molecule has 31 heavy (non-hydrogen) atoms. The second-order valence-electron chi connectivity index (χ2n) is 8.24. The quantitative estimate of drug-likeness (QED) is 0.639. The van der Waals surface area contributed by atoms with Crippen molar-refractivity contribution in [3.8, 4) is 0 Å².